The van der Waals surface area contributed by atoms with Crippen LogP contribution in [0, 0.1) is 0 Å². The quantitative estimate of drug-likeness (QED) is 0.222. The van der Waals surface area contributed by atoms with Crippen LogP contribution in [0.15, 0.2) is 35.3 Å². The topological polar surface area (TPSA) is 190 Å². The van der Waals surface area contributed by atoms with Crippen LogP contribution < -0.4 is 14.2 Å². The molecule has 12 nitrogen and oxygen atoms in total. The molecule has 0 bridgehead atoms. The van der Waals surface area contributed by atoms with Gasteiger partial charge in [-0.05, 0) is 0 Å². The summed E-state index contributed by atoms with van der Waals surface area (Å²) in [6.45, 7) is 3.09. The number of rotatable bonds is 7. The monoisotopic (exact) mass is 519 g/mol. The Balaban J connectivity index is 1.99. The second-order valence-corrected chi connectivity index (χ2v) is 8.26. The molecule has 5 atom stereocenters. The number of aliphatic hydroxyl groups is 4. The Kier molecular flexibility index (Phi) is 7.30. The SMILES string of the molecule is C=Cc1c(O[C@@H]2O[C@H](CO)[C@@H](O)[C@H](O)[C@H]2O)c(-c2cc(OC)c(O)c(OC)c2)[o+]c2cc(O)cc(O)c12. The Hall–Kier alpha value is -3.81. The average Bonchev–Trinajstić information content (AvgIpc) is 2.88. The molecule has 0 saturated carbocycles. The Bertz CT molecular complexity index is 1300. The first-order valence-electron chi connectivity index (χ1n) is 11.1. The van der Waals surface area contributed by atoms with Gasteiger partial charge in [-0.3, -0.25) is 0 Å². The minimum absolute atomic E-state index is 0.0161. The second-order valence-electron chi connectivity index (χ2n) is 8.26. The van der Waals surface area contributed by atoms with Crippen molar-refractivity contribution in [1.82, 2.24) is 0 Å². The fraction of sp³-hybridized carbons (Fsp3) is 0.320. The summed E-state index contributed by atoms with van der Waals surface area (Å²) in [6.07, 6.45) is -6.63. The van der Waals surface area contributed by atoms with Gasteiger partial charge in [0.2, 0.25) is 17.8 Å². The molecule has 0 spiro atoms. The van der Waals surface area contributed by atoms with Crippen molar-refractivity contribution in [2.24, 2.45) is 0 Å². The van der Waals surface area contributed by atoms with Crippen LogP contribution in [0.3, 0.4) is 0 Å². The van der Waals surface area contributed by atoms with Crippen molar-refractivity contribution in [1.29, 1.82) is 0 Å². The number of hydrogen-bond donors (Lipinski definition) is 7. The Morgan fingerprint density at radius 3 is 2.19 bits per heavy atom. The van der Waals surface area contributed by atoms with Crippen molar-refractivity contribution >= 4 is 17.0 Å². The summed E-state index contributed by atoms with van der Waals surface area (Å²) in [5.41, 5.74) is 0.408. The van der Waals surface area contributed by atoms with Crippen LogP contribution in [0.2, 0.25) is 0 Å². The van der Waals surface area contributed by atoms with Gasteiger partial charge >= 0.3 is 11.3 Å². The molecule has 0 aliphatic carbocycles. The minimum Gasteiger partial charge on any atom is -0.507 e. The van der Waals surface area contributed by atoms with Gasteiger partial charge in [-0.15, -0.1) is 0 Å². The highest BCUT2D eigenvalue weighted by Gasteiger charge is 2.46. The summed E-state index contributed by atoms with van der Waals surface area (Å²) in [7, 11) is 2.65. The smallest absolute Gasteiger partial charge is 0.403 e. The third-order valence-corrected chi connectivity index (χ3v) is 6.03. The molecular weight excluding hydrogens is 492 g/mol. The van der Waals surface area contributed by atoms with Crippen molar-refractivity contribution in [2.75, 3.05) is 20.8 Å². The van der Waals surface area contributed by atoms with Gasteiger partial charge in [0.15, 0.2) is 11.5 Å². The van der Waals surface area contributed by atoms with Gasteiger partial charge in [0.05, 0.1) is 32.5 Å². The molecule has 0 radical (unpaired) electrons. The number of phenols is 3. The molecule has 198 valence electrons. The van der Waals surface area contributed by atoms with E-state index in [1.54, 1.807) is 0 Å². The average molecular weight is 519 g/mol. The van der Waals surface area contributed by atoms with Crippen molar-refractivity contribution in [2.45, 2.75) is 30.7 Å². The van der Waals surface area contributed by atoms with Gasteiger partial charge in [-0.25, -0.2) is 4.42 Å². The van der Waals surface area contributed by atoms with Crippen molar-refractivity contribution in [3.63, 3.8) is 0 Å². The lowest BCUT2D eigenvalue weighted by Crippen LogP contribution is -2.60. The van der Waals surface area contributed by atoms with Crippen LogP contribution in [0.25, 0.3) is 28.4 Å². The Labute approximate surface area is 210 Å². The Morgan fingerprint density at radius 2 is 1.62 bits per heavy atom. The first kappa shape index (κ1) is 26.3. The fourth-order valence-corrected chi connectivity index (χ4v) is 4.14. The van der Waals surface area contributed by atoms with E-state index < -0.39 is 37.3 Å². The number of phenolic OH excluding ortho intramolecular Hbond substituents is 3. The van der Waals surface area contributed by atoms with Crippen molar-refractivity contribution in [3.8, 4) is 45.8 Å². The molecule has 3 aromatic rings. The molecule has 0 amide bonds. The van der Waals surface area contributed by atoms with Crippen LogP contribution in [0.4, 0.5) is 0 Å². The predicted octanol–water partition coefficient (Wildman–Crippen LogP) is 1.34. The predicted molar refractivity (Wildman–Crippen MR) is 129 cm³/mol. The van der Waals surface area contributed by atoms with E-state index >= 15 is 0 Å². The zero-order chi connectivity index (χ0) is 27.0. The number of benzene rings is 2. The highest BCUT2D eigenvalue weighted by atomic mass is 16.7. The zero-order valence-electron chi connectivity index (χ0n) is 19.9. The van der Waals surface area contributed by atoms with Crippen LogP contribution in [-0.2, 0) is 4.74 Å². The maximum absolute atomic E-state index is 10.6. The molecule has 1 fully saturated rings. The van der Waals surface area contributed by atoms with Crippen LogP contribution in [0.1, 0.15) is 5.56 Å². The maximum atomic E-state index is 10.6. The van der Waals surface area contributed by atoms with E-state index in [9.17, 15) is 35.7 Å². The summed E-state index contributed by atoms with van der Waals surface area (Å²) < 4.78 is 27.9. The highest BCUT2D eigenvalue weighted by Crippen LogP contribution is 2.48. The van der Waals surface area contributed by atoms with E-state index in [1.807, 2.05) is 0 Å². The molecule has 1 saturated heterocycles. The van der Waals surface area contributed by atoms with E-state index in [0.717, 1.165) is 6.07 Å². The van der Waals surface area contributed by atoms with Gasteiger partial charge in [-0.2, -0.15) is 0 Å². The van der Waals surface area contributed by atoms with E-state index in [1.165, 1.54) is 38.5 Å². The number of methoxy groups -OCH3 is 2. The normalized spacial score (nSPS) is 23.6. The maximum Gasteiger partial charge on any atom is 0.403 e. The lowest BCUT2D eigenvalue weighted by molar-refractivity contribution is -0.277. The van der Waals surface area contributed by atoms with E-state index in [2.05, 4.69) is 6.58 Å². The van der Waals surface area contributed by atoms with Crippen LogP contribution in [-0.4, -0.2) is 87.3 Å². The molecule has 1 aliphatic rings. The summed E-state index contributed by atoms with van der Waals surface area (Å²) in [5.74, 6) is -1.11. The van der Waals surface area contributed by atoms with E-state index in [0.29, 0.717) is 0 Å². The molecule has 2 aromatic carbocycles. The zero-order valence-corrected chi connectivity index (χ0v) is 19.9. The lowest BCUT2D eigenvalue weighted by atomic mass is 9.99. The van der Waals surface area contributed by atoms with Gasteiger partial charge in [0.25, 0.3) is 0 Å². The molecule has 4 rings (SSSR count). The summed E-state index contributed by atoms with van der Waals surface area (Å²) >= 11 is 0. The van der Waals surface area contributed by atoms with E-state index in [4.69, 9.17) is 23.4 Å². The number of hydrogen-bond acceptors (Lipinski definition) is 11. The summed E-state index contributed by atoms with van der Waals surface area (Å²) in [4.78, 5) is 0. The highest BCUT2D eigenvalue weighted by molar-refractivity contribution is 5.97. The summed E-state index contributed by atoms with van der Waals surface area (Å²) in [5, 5.41) is 71.5. The fourth-order valence-electron chi connectivity index (χ4n) is 4.14. The molecule has 37 heavy (non-hydrogen) atoms. The largest absolute Gasteiger partial charge is 0.507 e. The van der Waals surface area contributed by atoms with Gasteiger partial charge < -0.3 is 54.7 Å². The minimum atomic E-state index is -1.75. The van der Waals surface area contributed by atoms with Gasteiger partial charge in [0, 0.05) is 23.8 Å². The third kappa shape index (κ3) is 4.56. The number of ether oxygens (including phenoxy) is 4. The lowest BCUT2D eigenvalue weighted by Gasteiger charge is -2.39. The molecule has 7 N–H and O–H groups in total. The first-order chi connectivity index (χ1) is 17.6. The van der Waals surface area contributed by atoms with Gasteiger partial charge in [-0.1, -0.05) is 12.7 Å². The number of aliphatic hydroxyl groups excluding tert-OH is 4. The number of fused-ring (bicyclic) bond motifs is 1. The van der Waals surface area contributed by atoms with Crippen molar-refractivity contribution in [3.05, 3.63) is 36.4 Å². The molecule has 1 aromatic heterocycles. The molecule has 1 aliphatic heterocycles. The standard InChI is InChI=1S/C25H26O12/c1-4-12-18-13(28)7-11(27)8-14(18)35-23(10-5-15(33-2)19(29)16(6-10)34-3)24(12)37-25-22(32)21(31)20(30)17(9-26)36-25/h4-8,17,20-22,25-26,30-32H,1,9H2,2-3H3,(H2-,27,28,29)/p+1/t17-,20-,21+,22-,25+/m1/s1. The Morgan fingerprint density at radius 1 is 0.973 bits per heavy atom. The van der Waals surface area contributed by atoms with Crippen molar-refractivity contribution < 1.29 is 59.1 Å². The van der Waals surface area contributed by atoms with Gasteiger partial charge in [0.1, 0.15) is 41.3 Å². The first-order valence-corrected chi connectivity index (χ1v) is 11.1. The van der Waals surface area contributed by atoms with E-state index in [-0.39, 0.29) is 62.4 Å². The van der Waals surface area contributed by atoms with Crippen LogP contribution >= 0.6 is 0 Å². The number of aromatic hydroxyl groups is 3. The summed E-state index contributed by atoms with van der Waals surface area (Å²) in [6, 6.07) is 5.13. The molecule has 12 heteroatoms. The molecule has 0 unspecified atom stereocenters. The molecular formula is C25H27O12+. The molecule has 2 heterocycles. The third-order valence-electron chi connectivity index (χ3n) is 6.03. The van der Waals surface area contributed by atoms with Crippen LogP contribution in [0.5, 0.6) is 34.5 Å². The second kappa shape index (κ2) is 10.3.